The van der Waals surface area contributed by atoms with Gasteiger partial charge in [-0.3, -0.25) is 20.2 Å². The minimum Gasteiger partial charge on any atom is -0.383 e. The number of hydrogen-bond donors (Lipinski definition) is 2. The van der Waals surface area contributed by atoms with E-state index >= 15 is 0 Å². The van der Waals surface area contributed by atoms with E-state index in [1.54, 1.807) is 6.92 Å². The van der Waals surface area contributed by atoms with Crippen molar-refractivity contribution in [1.29, 1.82) is 0 Å². The molecule has 0 fully saturated rings. The Labute approximate surface area is 113 Å². The number of nitrogens with zero attached hydrogens (tertiary/aromatic N) is 3. The van der Waals surface area contributed by atoms with Crippen LogP contribution in [0.15, 0.2) is 22.7 Å². The average Bonchev–Trinajstić information content (AvgIpc) is 2.82. The standard InChI is InChI=1S/C11H11N5O4/c1-6-13-11(20-15-6)14-10(17)7-4-3-5-8(12-2)9(7)16(18)19/h3-5,12H,1-2H3,(H,13,14,15,17). The van der Waals surface area contributed by atoms with Crippen LogP contribution in [0.3, 0.4) is 0 Å². The minimum atomic E-state index is -0.697. The monoisotopic (exact) mass is 277 g/mol. The van der Waals surface area contributed by atoms with Gasteiger partial charge < -0.3 is 9.84 Å². The first-order valence-electron chi connectivity index (χ1n) is 5.59. The van der Waals surface area contributed by atoms with Crippen molar-refractivity contribution in [3.63, 3.8) is 0 Å². The van der Waals surface area contributed by atoms with Crippen LogP contribution in [-0.4, -0.2) is 28.0 Å². The van der Waals surface area contributed by atoms with Crippen molar-refractivity contribution in [2.75, 3.05) is 17.7 Å². The van der Waals surface area contributed by atoms with E-state index in [2.05, 4.69) is 20.8 Å². The van der Waals surface area contributed by atoms with Crippen LogP contribution in [0.5, 0.6) is 0 Å². The second-order valence-electron chi connectivity index (χ2n) is 3.81. The zero-order valence-corrected chi connectivity index (χ0v) is 10.7. The molecule has 2 N–H and O–H groups in total. The van der Waals surface area contributed by atoms with Gasteiger partial charge in [0, 0.05) is 7.05 Å². The zero-order valence-electron chi connectivity index (χ0n) is 10.7. The summed E-state index contributed by atoms with van der Waals surface area (Å²) in [7, 11) is 1.53. The molecular formula is C11H11N5O4. The molecule has 0 radical (unpaired) electrons. The SMILES string of the molecule is CNc1cccc(C(=O)Nc2nc(C)no2)c1[N+](=O)[O-]. The van der Waals surface area contributed by atoms with E-state index in [9.17, 15) is 14.9 Å². The van der Waals surface area contributed by atoms with Crippen LogP contribution >= 0.6 is 0 Å². The fraction of sp³-hybridized carbons (Fsp3) is 0.182. The van der Waals surface area contributed by atoms with Crippen LogP contribution in [-0.2, 0) is 0 Å². The molecule has 0 bridgehead atoms. The van der Waals surface area contributed by atoms with E-state index in [1.807, 2.05) is 0 Å². The average molecular weight is 277 g/mol. The molecule has 0 saturated heterocycles. The molecule has 0 atom stereocenters. The van der Waals surface area contributed by atoms with Crippen LogP contribution < -0.4 is 10.6 Å². The van der Waals surface area contributed by atoms with Gasteiger partial charge in [0.1, 0.15) is 11.3 Å². The third-order valence-electron chi connectivity index (χ3n) is 2.48. The predicted molar refractivity (Wildman–Crippen MR) is 69.6 cm³/mol. The highest BCUT2D eigenvalue weighted by molar-refractivity contribution is 6.07. The summed E-state index contributed by atoms with van der Waals surface area (Å²) < 4.78 is 4.73. The quantitative estimate of drug-likeness (QED) is 0.642. The summed E-state index contributed by atoms with van der Waals surface area (Å²) in [6.07, 6.45) is 0. The lowest BCUT2D eigenvalue weighted by Crippen LogP contribution is -2.15. The lowest BCUT2D eigenvalue weighted by molar-refractivity contribution is -0.384. The summed E-state index contributed by atoms with van der Waals surface area (Å²) in [5.41, 5.74) is -0.175. The molecule has 1 aromatic carbocycles. The molecule has 1 heterocycles. The van der Waals surface area contributed by atoms with Crippen LogP contribution in [0.2, 0.25) is 0 Å². The highest BCUT2D eigenvalue weighted by Crippen LogP contribution is 2.28. The Balaban J connectivity index is 2.36. The molecule has 2 rings (SSSR count). The molecule has 9 heteroatoms. The second kappa shape index (κ2) is 5.34. The van der Waals surface area contributed by atoms with Gasteiger partial charge in [-0.05, 0) is 19.1 Å². The molecule has 0 aliphatic heterocycles. The van der Waals surface area contributed by atoms with Crippen LogP contribution in [0, 0.1) is 17.0 Å². The summed E-state index contributed by atoms with van der Waals surface area (Å²) in [5.74, 6) is -0.351. The number of rotatable bonds is 4. The molecule has 2 aromatic rings. The number of para-hydroxylation sites is 1. The van der Waals surface area contributed by atoms with Crippen LogP contribution in [0.1, 0.15) is 16.2 Å². The Morgan fingerprint density at radius 1 is 1.45 bits per heavy atom. The van der Waals surface area contributed by atoms with E-state index in [4.69, 9.17) is 4.52 Å². The minimum absolute atomic E-state index is 0.0993. The fourth-order valence-electron chi connectivity index (χ4n) is 1.64. The summed E-state index contributed by atoms with van der Waals surface area (Å²) >= 11 is 0. The van der Waals surface area contributed by atoms with E-state index in [-0.39, 0.29) is 23.0 Å². The van der Waals surface area contributed by atoms with E-state index in [1.165, 1.54) is 25.2 Å². The summed E-state index contributed by atoms with van der Waals surface area (Å²) in [4.78, 5) is 26.3. The summed E-state index contributed by atoms with van der Waals surface area (Å²) in [6, 6.07) is 4.27. The number of amides is 1. The van der Waals surface area contributed by atoms with Crippen LogP contribution in [0.25, 0.3) is 0 Å². The van der Waals surface area contributed by atoms with Crippen molar-refractivity contribution in [2.24, 2.45) is 0 Å². The Morgan fingerprint density at radius 3 is 2.75 bits per heavy atom. The number of carbonyl (C=O) groups is 1. The van der Waals surface area contributed by atoms with Gasteiger partial charge in [-0.2, -0.15) is 4.98 Å². The molecular weight excluding hydrogens is 266 g/mol. The number of aromatic nitrogens is 2. The van der Waals surface area contributed by atoms with Crippen molar-refractivity contribution in [3.05, 3.63) is 39.7 Å². The number of nitro groups is 1. The molecule has 9 nitrogen and oxygen atoms in total. The third kappa shape index (κ3) is 2.55. The molecule has 0 unspecified atom stereocenters. The van der Waals surface area contributed by atoms with Crippen LogP contribution in [0.4, 0.5) is 17.4 Å². The second-order valence-corrected chi connectivity index (χ2v) is 3.81. The molecule has 0 aliphatic rings. The van der Waals surface area contributed by atoms with Gasteiger partial charge in [-0.1, -0.05) is 11.2 Å². The Kier molecular flexibility index (Phi) is 3.60. The van der Waals surface area contributed by atoms with Crippen molar-refractivity contribution in [1.82, 2.24) is 10.1 Å². The van der Waals surface area contributed by atoms with E-state index in [0.29, 0.717) is 5.82 Å². The molecule has 20 heavy (non-hydrogen) atoms. The molecule has 1 aromatic heterocycles. The van der Waals surface area contributed by atoms with Gasteiger partial charge in [-0.15, -0.1) is 0 Å². The molecule has 0 aliphatic carbocycles. The van der Waals surface area contributed by atoms with Crippen molar-refractivity contribution >= 4 is 23.3 Å². The summed E-state index contributed by atoms with van der Waals surface area (Å²) in [5, 5.41) is 19.6. The van der Waals surface area contributed by atoms with Gasteiger partial charge >= 0.3 is 11.7 Å². The molecule has 1 amide bonds. The maximum absolute atomic E-state index is 12.0. The molecule has 0 spiro atoms. The number of nitrogens with one attached hydrogen (secondary N) is 2. The number of nitro benzene ring substituents is 1. The number of aryl methyl sites for hydroxylation is 1. The van der Waals surface area contributed by atoms with E-state index < -0.39 is 10.8 Å². The molecule has 104 valence electrons. The summed E-state index contributed by atoms with van der Waals surface area (Å²) in [6.45, 7) is 1.59. The topological polar surface area (TPSA) is 123 Å². The Hall–Kier alpha value is -2.97. The number of anilines is 2. The highest BCUT2D eigenvalue weighted by Gasteiger charge is 2.24. The third-order valence-corrected chi connectivity index (χ3v) is 2.48. The number of carbonyl (C=O) groups excluding carboxylic acids is 1. The predicted octanol–water partition coefficient (Wildman–Crippen LogP) is 1.58. The van der Waals surface area contributed by atoms with Gasteiger partial charge in [0.05, 0.1) is 4.92 Å². The Bertz CT molecular complexity index is 667. The van der Waals surface area contributed by atoms with Crippen molar-refractivity contribution in [3.8, 4) is 0 Å². The first-order valence-corrected chi connectivity index (χ1v) is 5.59. The Morgan fingerprint density at radius 2 is 2.20 bits per heavy atom. The van der Waals surface area contributed by atoms with E-state index in [0.717, 1.165) is 0 Å². The maximum atomic E-state index is 12.0. The zero-order chi connectivity index (χ0) is 14.7. The number of benzene rings is 1. The normalized spacial score (nSPS) is 10.1. The smallest absolute Gasteiger partial charge is 0.328 e. The van der Waals surface area contributed by atoms with Gasteiger partial charge in [-0.25, -0.2) is 0 Å². The molecule has 0 saturated carbocycles. The lowest BCUT2D eigenvalue weighted by Gasteiger charge is -2.06. The lowest BCUT2D eigenvalue weighted by atomic mass is 10.1. The van der Waals surface area contributed by atoms with Crippen molar-refractivity contribution < 1.29 is 14.2 Å². The van der Waals surface area contributed by atoms with Gasteiger partial charge in [0.15, 0.2) is 5.82 Å². The maximum Gasteiger partial charge on any atom is 0.328 e. The fourth-order valence-corrected chi connectivity index (χ4v) is 1.64. The first kappa shape index (κ1) is 13.5. The number of hydrogen-bond acceptors (Lipinski definition) is 7. The highest BCUT2D eigenvalue weighted by atomic mass is 16.6. The van der Waals surface area contributed by atoms with Gasteiger partial charge in [0.25, 0.3) is 5.91 Å². The van der Waals surface area contributed by atoms with Gasteiger partial charge in [0.2, 0.25) is 0 Å². The van der Waals surface area contributed by atoms with Crippen molar-refractivity contribution in [2.45, 2.75) is 6.92 Å². The first-order chi connectivity index (χ1) is 9.52. The largest absolute Gasteiger partial charge is 0.383 e.